The van der Waals surface area contributed by atoms with Gasteiger partial charge in [-0.05, 0) is 32.6 Å². The summed E-state index contributed by atoms with van der Waals surface area (Å²) in [5, 5.41) is 3.19. The average Bonchev–Trinajstić information content (AvgIpc) is 2.55. The molecule has 1 fully saturated rings. The highest BCUT2D eigenvalue weighted by Gasteiger charge is 2.15. The van der Waals surface area contributed by atoms with Gasteiger partial charge in [-0.15, -0.1) is 0 Å². The second-order valence-corrected chi connectivity index (χ2v) is 4.95. The third-order valence-electron chi connectivity index (χ3n) is 3.34. The van der Waals surface area contributed by atoms with Gasteiger partial charge in [0.25, 0.3) is 0 Å². The summed E-state index contributed by atoms with van der Waals surface area (Å²) >= 11 is 0. The summed E-state index contributed by atoms with van der Waals surface area (Å²) in [5.74, 6) is 7.07. The Balaban J connectivity index is 1.96. The van der Waals surface area contributed by atoms with Crippen molar-refractivity contribution in [2.24, 2.45) is 5.84 Å². The first kappa shape index (κ1) is 15.7. The van der Waals surface area contributed by atoms with Crippen molar-refractivity contribution < 1.29 is 4.74 Å². The van der Waals surface area contributed by atoms with Gasteiger partial charge in [0.15, 0.2) is 0 Å². The van der Waals surface area contributed by atoms with Crippen molar-refractivity contribution in [3.63, 3.8) is 0 Å². The molecule has 1 aromatic heterocycles. The van der Waals surface area contributed by atoms with Crippen LogP contribution in [0.4, 0.5) is 17.8 Å². The molecular weight excluding hydrogens is 270 g/mol. The predicted molar refractivity (Wildman–Crippen MR) is 83.3 cm³/mol. The molecule has 1 saturated heterocycles. The summed E-state index contributed by atoms with van der Waals surface area (Å²) in [4.78, 5) is 15.2. The largest absolute Gasteiger partial charge is 0.382 e. The van der Waals surface area contributed by atoms with Crippen molar-refractivity contribution in [3.05, 3.63) is 0 Å². The molecule has 0 saturated carbocycles. The minimum absolute atomic E-state index is 0.387. The van der Waals surface area contributed by atoms with Gasteiger partial charge in [0.2, 0.25) is 17.8 Å². The molecule has 0 aromatic carbocycles. The zero-order valence-corrected chi connectivity index (χ0v) is 12.6. The Kier molecular flexibility index (Phi) is 6.42. The molecule has 0 atom stereocenters. The summed E-state index contributed by atoms with van der Waals surface area (Å²) in [6.07, 6.45) is 4.53. The van der Waals surface area contributed by atoms with Crippen LogP contribution in [0.2, 0.25) is 0 Å². The molecule has 2 rings (SSSR count). The van der Waals surface area contributed by atoms with Gasteiger partial charge in [0, 0.05) is 32.8 Å². The van der Waals surface area contributed by atoms with Crippen LogP contribution in [-0.2, 0) is 4.74 Å². The SMILES string of the molecule is CCOCCCNc1nc(NN)nc(N2CCCCC2)n1. The van der Waals surface area contributed by atoms with Gasteiger partial charge in [-0.3, -0.25) is 5.43 Å². The van der Waals surface area contributed by atoms with E-state index < -0.39 is 0 Å². The van der Waals surface area contributed by atoms with Crippen molar-refractivity contribution in [2.45, 2.75) is 32.6 Å². The molecule has 1 aromatic rings. The van der Waals surface area contributed by atoms with E-state index in [-0.39, 0.29) is 0 Å². The molecule has 0 aliphatic carbocycles. The molecule has 8 nitrogen and oxygen atoms in total. The number of hydrogen-bond donors (Lipinski definition) is 3. The topological polar surface area (TPSA) is 101 Å². The van der Waals surface area contributed by atoms with Gasteiger partial charge in [0.1, 0.15) is 0 Å². The van der Waals surface area contributed by atoms with Crippen LogP contribution in [0.5, 0.6) is 0 Å². The third kappa shape index (κ3) is 4.98. The summed E-state index contributed by atoms with van der Waals surface area (Å²) in [5.41, 5.74) is 2.50. The standard InChI is InChI=1S/C13H25N7O/c1-2-21-10-6-7-15-11-16-12(19-14)18-13(17-11)20-8-4-3-5-9-20/h2-10,14H2,1H3,(H2,15,16,17,18,19). The first-order chi connectivity index (χ1) is 10.3. The molecule has 0 amide bonds. The second-order valence-electron chi connectivity index (χ2n) is 4.95. The number of hydrazine groups is 1. The van der Waals surface area contributed by atoms with Crippen molar-refractivity contribution in [3.8, 4) is 0 Å². The van der Waals surface area contributed by atoms with Crippen molar-refractivity contribution in [1.29, 1.82) is 0 Å². The van der Waals surface area contributed by atoms with E-state index in [4.69, 9.17) is 10.6 Å². The Hall–Kier alpha value is -1.67. The third-order valence-corrected chi connectivity index (χ3v) is 3.34. The summed E-state index contributed by atoms with van der Waals surface area (Å²) in [7, 11) is 0. The van der Waals surface area contributed by atoms with Crippen LogP contribution < -0.4 is 21.5 Å². The lowest BCUT2D eigenvalue weighted by atomic mass is 10.1. The van der Waals surface area contributed by atoms with Crippen LogP contribution in [0.25, 0.3) is 0 Å². The molecule has 4 N–H and O–H groups in total. The van der Waals surface area contributed by atoms with Crippen LogP contribution in [0.15, 0.2) is 0 Å². The van der Waals surface area contributed by atoms with E-state index in [0.29, 0.717) is 17.8 Å². The van der Waals surface area contributed by atoms with E-state index in [0.717, 1.165) is 39.3 Å². The number of hydrogen-bond acceptors (Lipinski definition) is 8. The zero-order chi connectivity index (χ0) is 14.9. The number of nitrogens with one attached hydrogen (secondary N) is 2. The molecule has 0 radical (unpaired) electrons. The monoisotopic (exact) mass is 295 g/mol. The van der Waals surface area contributed by atoms with Crippen LogP contribution in [0.1, 0.15) is 32.6 Å². The predicted octanol–water partition coefficient (Wildman–Crippen LogP) is 0.986. The summed E-state index contributed by atoms with van der Waals surface area (Å²) in [6, 6.07) is 0. The fourth-order valence-electron chi connectivity index (χ4n) is 2.26. The van der Waals surface area contributed by atoms with Crippen LogP contribution in [0, 0.1) is 0 Å². The number of aromatic nitrogens is 3. The number of rotatable bonds is 8. The lowest BCUT2D eigenvalue weighted by Gasteiger charge is -2.26. The Morgan fingerprint density at radius 2 is 1.90 bits per heavy atom. The van der Waals surface area contributed by atoms with E-state index in [1.807, 2.05) is 6.92 Å². The minimum atomic E-state index is 0.387. The van der Waals surface area contributed by atoms with Crippen molar-refractivity contribution >= 4 is 17.8 Å². The first-order valence-electron chi connectivity index (χ1n) is 7.62. The number of ether oxygens (including phenoxy) is 1. The molecule has 0 bridgehead atoms. The lowest BCUT2D eigenvalue weighted by molar-refractivity contribution is 0.147. The van der Waals surface area contributed by atoms with Gasteiger partial charge in [-0.1, -0.05) is 0 Å². The van der Waals surface area contributed by atoms with Gasteiger partial charge in [-0.25, -0.2) is 5.84 Å². The molecule has 8 heteroatoms. The normalized spacial score (nSPS) is 15.0. The smallest absolute Gasteiger partial charge is 0.243 e. The molecule has 1 aliphatic rings. The van der Waals surface area contributed by atoms with Crippen LogP contribution in [0.3, 0.4) is 0 Å². The average molecular weight is 295 g/mol. The molecule has 0 spiro atoms. The van der Waals surface area contributed by atoms with Crippen molar-refractivity contribution in [1.82, 2.24) is 15.0 Å². The van der Waals surface area contributed by atoms with E-state index in [9.17, 15) is 0 Å². The Labute approximate surface area is 125 Å². The maximum absolute atomic E-state index is 5.44. The molecule has 2 heterocycles. The maximum Gasteiger partial charge on any atom is 0.243 e. The molecular formula is C13H25N7O. The Morgan fingerprint density at radius 1 is 1.14 bits per heavy atom. The fourth-order valence-corrected chi connectivity index (χ4v) is 2.26. The molecule has 118 valence electrons. The lowest BCUT2D eigenvalue weighted by Crippen LogP contribution is -2.31. The fraction of sp³-hybridized carbons (Fsp3) is 0.769. The second kappa shape index (κ2) is 8.58. The number of nitrogens with two attached hydrogens (primary N) is 1. The number of anilines is 3. The van der Waals surface area contributed by atoms with Crippen LogP contribution >= 0.6 is 0 Å². The zero-order valence-electron chi connectivity index (χ0n) is 12.6. The van der Waals surface area contributed by atoms with E-state index in [1.165, 1.54) is 19.3 Å². The molecule has 0 unspecified atom stereocenters. The Morgan fingerprint density at radius 3 is 2.62 bits per heavy atom. The van der Waals surface area contributed by atoms with E-state index >= 15 is 0 Å². The van der Waals surface area contributed by atoms with Gasteiger partial charge in [-0.2, -0.15) is 15.0 Å². The van der Waals surface area contributed by atoms with Gasteiger partial charge < -0.3 is 15.0 Å². The molecule has 21 heavy (non-hydrogen) atoms. The quantitative estimate of drug-likeness (QED) is 0.371. The highest BCUT2D eigenvalue weighted by Crippen LogP contribution is 2.18. The number of nitrogen functional groups attached to an aromatic ring is 1. The highest BCUT2D eigenvalue weighted by atomic mass is 16.5. The minimum Gasteiger partial charge on any atom is -0.382 e. The Bertz CT molecular complexity index is 423. The number of piperidine rings is 1. The van der Waals surface area contributed by atoms with Crippen LogP contribution in [-0.4, -0.2) is 47.8 Å². The first-order valence-corrected chi connectivity index (χ1v) is 7.62. The summed E-state index contributed by atoms with van der Waals surface area (Å²) < 4.78 is 5.30. The number of nitrogens with zero attached hydrogens (tertiary/aromatic N) is 4. The molecule has 1 aliphatic heterocycles. The van der Waals surface area contributed by atoms with E-state index in [2.05, 4.69) is 30.6 Å². The van der Waals surface area contributed by atoms with Gasteiger partial charge in [0.05, 0.1) is 0 Å². The maximum atomic E-state index is 5.44. The van der Waals surface area contributed by atoms with Gasteiger partial charge >= 0.3 is 0 Å². The highest BCUT2D eigenvalue weighted by molar-refractivity contribution is 5.43. The summed E-state index contributed by atoms with van der Waals surface area (Å²) in [6.45, 7) is 6.19. The van der Waals surface area contributed by atoms with Crippen molar-refractivity contribution in [2.75, 3.05) is 48.5 Å². The van der Waals surface area contributed by atoms with E-state index in [1.54, 1.807) is 0 Å².